The van der Waals surface area contributed by atoms with Crippen molar-refractivity contribution in [3.05, 3.63) is 75.9 Å². The highest BCUT2D eigenvalue weighted by Crippen LogP contribution is 2.32. The van der Waals surface area contributed by atoms with Crippen LogP contribution in [0.2, 0.25) is 5.02 Å². The summed E-state index contributed by atoms with van der Waals surface area (Å²) in [7, 11) is 0. The SMILES string of the molecule is CCOc1nc2c(c(C)nn2-c2cccc(F)c2)c(C)c1CCC(=O)Nc1ccc(F)c(Cl)c1. The van der Waals surface area contributed by atoms with Crippen LogP contribution in [0.1, 0.15) is 30.2 Å². The molecule has 0 radical (unpaired) electrons. The summed E-state index contributed by atoms with van der Waals surface area (Å²) < 4.78 is 34.6. The molecule has 4 aromatic rings. The average Bonchev–Trinajstić information content (AvgIpc) is 3.12. The number of nitrogens with zero attached hydrogens (tertiary/aromatic N) is 3. The van der Waals surface area contributed by atoms with Gasteiger partial charge < -0.3 is 10.1 Å². The topological polar surface area (TPSA) is 69.0 Å². The second kappa shape index (κ2) is 9.77. The number of aryl methyl sites for hydroxylation is 2. The first-order chi connectivity index (χ1) is 16.3. The summed E-state index contributed by atoms with van der Waals surface area (Å²) in [6.45, 7) is 6.04. The number of anilines is 1. The predicted molar refractivity (Wildman–Crippen MR) is 128 cm³/mol. The van der Waals surface area contributed by atoms with Gasteiger partial charge in [0.15, 0.2) is 5.65 Å². The molecule has 2 aromatic heterocycles. The quantitative estimate of drug-likeness (QED) is 0.352. The number of benzene rings is 2. The van der Waals surface area contributed by atoms with E-state index in [0.29, 0.717) is 35.9 Å². The number of carbonyl (C=O) groups excluding carboxylic acids is 1. The first-order valence-corrected chi connectivity index (χ1v) is 11.2. The van der Waals surface area contributed by atoms with Gasteiger partial charge in [-0.2, -0.15) is 10.1 Å². The number of aromatic nitrogens is 3. The highest BCUT2D eigenvalue weighted by Gasteiger charge is 2.21. The Kier molecular flexibility index (Phi) is 6.79. The summed E-state index contributed by atoms with van der Waals surface area (Å²) >= 11 is 5.79. The monoisotopic (exact) mass is 484 g/mol. The molecule has 0 aliphatic rings. The van der Waals surface area contributed by atoms with E-state index < -0.39 is 5.82 Å². The molecule has 0 aliphatic carbocycles. The van der Waals surface area contributed by atoms with E-state index in [1.807, 2.05) is 20.8 Å². The van der Waals surface area contributed by atoms with E-state index in [-0.39, 0.29) is 23.2 Å². The Bertz CT molecular complexity index is 1390. The summed E-state index contributed by atoms with van der Waals surface area (Å²) in [5.74, 6) is -0.768. The molecule has 0 atom stereocenters. The van der Waals surface area contributed by atoms with Crippen molar-refractivity contribution < 1.29 is 18.3 Å². The van der Waals surface area contributed by atoms with E-state index in [1.165, 1.54) is 30.3 Å². The second-order valence-corrected chi connectivity index (χ2v) is 8.21. The standard InChI is InChI=1S/C25H23ClF2N4O2/c1-4-34-25-19(9-11-22(33)29-17-8-10-21(28)20(26)13-17)14(2)23-15(3)31-32(24(23)30-25)18-7-5-6-16(27)12-18/h5-8,10,12-13H,4,9,11H2,1-3H3,(H,29,33). The molecule has 0 bridgehead atoms. The van der Waals surface area contributed by atoms with Gasteiger partial charge in [0.2, 0.25) is 11.8 Å². The van der Waals surface area contributed by atoms with Gasteiger partial charge in [-0.3, -0.25) is 4.79 Å². The van der Waals surface area contributed by atoms with Crippen molar-refractivity contribution in [2.75, 3.05) is 11.9 Å². The van der Waals surface area contributed by atoms with Crippen LogP contribution in [0.15, 0.2) is 42.5 Å². The summed E-state index contributed by atoms with van der Waals surface area (Å²) in [6, 6.07) is 10.2. The molecular weight excluding hydrogens is 462 g/mol. The summed E-state index contributed by atoms with van der Waals surface area (Å²) in [5.41, 5.74) is 3.95. The number of nitrogens with one attached hydrogen (secondary N) is 1. The summed E-state index contributed by atoms with van der Waals surface area (Å²) in [4.78, 5) is 17.3. The molecule has 2 aromatic carbocycles. The van der Waals surface area contributed by atoms with Gasteiger partial charge in [-0.25, -0.2) is 13.5 Å². The van der Waals surface area contributed by atoms with E-state index in [1.54, 1.807) is 16.8 Å². The van der Waals surface area contributed by atoms with E-state index in [0.717, 1.165) is 22.2 Å². The summed E-state index contributed by atoms with van der Waals surface area (Å²) in [6.07, 6.45) is 0.523. The minimum Gasteiger partial charge on any atom is -0.478 e. The van der Waals surface area contributed by atoms with E-state index >= 15 is 0 Å². The zero-order valence-corrected chi connectivity index (χ0v) is 19.7. The molecule has 4 rings (SSSR count). The first kappa shape index (κ1) is 23.6. The molecule has 34 heavy (non-hydrogen) atoms. The number of amides is 1. The third-order valence-corrected chi connectivity index (χ3v) is 5.76. The average molecular weight is 485 g/mol. The van der Waals surface area contributed by atoms with Gasteiger partial charge in [-0.1, -0.05) is 17.7 Å². The fourth-order valence-corrected chi connectivity index (χ4v) is 4.09. The number of rotatable bonds is 7. The molecule has 1 amide bonds. The highest BCUT2D eigenvalue weighted by atomic mass is 35.5. The Morgan fingerprint density at radius 3 is 2.68 bits per heavy atom. The highest BCUT2D eigenvalue weighted by molar-refractivity contribution is 6.31. The maximum atomic E-state index is 13.8. The molecule has 9 heteroatoms. The maximum absolute atomic E-state index is 13.8. The molecule has 0 unspecified atom stereocenters. The van der Waals surface area contributed by atoms with Crippen LogP contribution in [0.25, 0.3) is 16.7 Å². The van der Waals surface area contributed by atoms with Crippen molar-refractivity contribution >= 4 is 34.2 Å². The van der Waals surface area contributed by atoms with Crippen LogP contribution in [-0.2, 0) is 11.2 Å². The van der Waals surface area contributed by atoms with Gasteiger partial charge in [0.05, 0.1) is 23.0 Å². The predicted octanol–water partition coefficient (Wildman–Crippen LogP) is 5.94. The van der Waals surface area contributed by atoms with Crippen LogP contribution in [0.5, 0.6) is 5.88 Å². The first-order valence-electron chi connectivity index (χ1n) is 10.8. The molecule has 176 valence electrons. The number of hydrogen-bond acceptors (Lipinski definition) is 4. The van der Waals surface area contributed by atoms with E-state index in [2.05, 4.69) is 10.4 Å². The van der Waals surface area contributed by atoms with Crippen LogP contribution in [0.4, 0.5) is 14.5 Å². The number of hydrogen-bond donors (Lipinski definition) is 1. The van der Waals surface area contributed by atoms with Gasteiger partial charge >= 0.3 is 0 Å². The lowest BCUT2D eigenvalue weighted by Crippen LogP contribution is -2.13. The number of fused-ring (bicyclic) bond motifs is 1. The Balaban J connectivity index is 1.66. The third kappa shape index (κ3) is 4.72. The molecule has 0 spiro atoms. The molecule has 0 saturated heterocycles. The number of carbonyl (C=O) groups is 1. The van der Waals surface area contributed by atoms with Gasteiger partial charge in [-0.15, -0.1) is 0 Å². The second-order valence-electron chi connectivity index (χ2n) is 7.81. The summed E-state index contributed by atoms with van der Waals surface area (Å²) in [5, 5.41) is 8.07. The van der Waals surface area contributed by atoms with Crippen LogP contribution in [0.3, 0.4) is 0 Å². The maximum Gasteiger partial charge on any atom is 0.224 e. The van der Waals surface area contributed by atoms with Crippen molar-refractivity contribution in [3.63, 3.8) is 0 Å². The van der Waals surface area contributed by atoms with Gasteiger partial charge in [0.25, 0.3) is 0 Å². The number of ether oxygens (including phenoxy) is 1. The van der Waals surface area contributed by atoms with Crippen molar-refractivity contribution in [1.82, 2.24) is 14.8 Å². The smallest absolute Gasteiger partial charge is 0.224 e. The molecule has 2 heterocycles. The Morgan fingerprint density at radius 2 is 1.97 bits per heavy atom. The molecule has 0 fully saturated rings. The van der Waals surface area contributed by atoms with Crippen molar-refractivity contribution in [2.45, 2.75) is 33.6 Å². The molecular formula is C25H23ClF2N4O2. The Labute approximate surface area is 200 Å². The van der Waals surface area contributed by atoms with Crippen molar-refractivity contribution in [3.8, 4) is 11.6 Å². The van der Waals surface area contributed by atoms with Crippen LogP contribution in [-0.4, -0.2) is 27.3 Å². The van der Waals surface area contributed by atoms with E-state index in [4.69, 9.17) is 21.3 Å². The Morgan fingerprint density at radius 1 is 1.18 bits per heavy atom. The van der Waals surface area contributed by atoms with Crippen LogP contribution >= 0.6 is 11.6 Å². The van der Waals surface area contributed by atoms with Crippen LogP contribution < -0.4 is 10.1 Å². The van der Waals surface area contributed by atoms with Crippen molar-refractivity contribution in [2.24, 2.45) is 0 Å². The Hall–Kier alpha value is -3.52. The zero-order valence-electron chi connectivity index (χ0n) is 19.0. The molecule has 0 saturated carbocycles. The van der Waals surface area contributed by atoms with Crippen molar-refractivity contribution in [1.29, 1.82) is 0 Å². The van der Waals surface area contributed by atoms with Gasteiger partial charge in [0, 0.05) is 23.1 Å². The lowest BCUT2D eigenvalue weighted by molar-refractivity contribution is -0.116. The largest absolute Gasteiger partial charge is 0.478 e. The van der Waals surface area contributed by atoms with Crippen LogP contribution in [0, 0.1) is 25.5 Å². The number of halogens is 3. The minimum atomic E-state index is -0.551. The lowest BCUT2D eigenvalue weighted by Gasteiger charge is -2.14. The minimum absolute atomic E-state index is 0.0623. The third-order valence-electron chi connectivity index (χ3n) is 5.47. The van der Waals surface area contributed by atoms with E-state index in [9.17, 15) is 13.6 Å². The molecule has 0 aliphatic heterocycles. The normalized spacial score (nSPS) is 11.1. The van der Waals surface area contributed by atoms with Gasteiger partial charge in [-0.05, 0) is 69.2 Å². The number of pyridine rings is 1. The fourth-order valence-electron chi connectivity index (χ4n) is 3.91. The lowest BCUT2D eigenvalue weighted by atomic mass is 10.0. The zero-order chi connectivity index (χ0) is 24.4. The molecule has 1 N–H and O–H groups in total. The molecule has 6 nitrogen and oxygen atoms in total. The van der Waals surface area contributed by atoms with Gasteiger partial charge in [0.1, 0.15) is 11.6 Å². The fraction of sp³-hybridized carbons (Fsp3) is 0.240.